The normalized spacial score (nSPS) is 12.9. The third-order valence-corrected chi connectivity index (χ3v) is 2.40. The van der Waals surface area contributed by atoms with Crippen molar-refractivity contribution in [1.82, 2.24) is 10.3 Å². The predicted molar refractivity (Wildman–Crippen MR) is 52.2 cm³/mol. The van der Waals surface area contributed by atoms with Gasteiger partial charge in [-0.2, -0.15) is 0 Å². The Morgan fingerprint density at radius 3 is 2.83 bits per heavy atom. The first-order chi connectivity index (χ1) is 5.65. The van der Waals surface area contributed by atoms with Crippen LogP contribution in [-0.4, -0.2) is 12.0 Å². The number of rotatable bonds is 2. The van der Waals surface area contributed by atoms with Crippen LogP contribution in [0.2, 0.25) is 0 Å². The second kappa shape index (κ2) is 3.87. The highest BCUT2D eigenvalue weighted by molar-refractivity contribution is 9.10. The molecule has 4 heteroatoms. The Balaban J connectivity index is 3.04. The molecule has 1 unspecified atom stereocenters. The van der Waals surface area contributed by atoms with Gasteiger partial charge in [-0.3, -0.25) is 4.79 Å². The third-order valence-electron chi connectivity index (χ3n) is 1.81. The lowest BCUT2D eigenvalue weighted by Gasteiger charge is -2.09. The quantitative estimate of drug-likeness (QED) is 0.808. The van der Waals surface area contributed by atoms with E-state index in [9.17, 15) is 4.79 Å². The molecule has 1 atom stereocenters. The summed E-state index contributed by atoms with van der Waals surface area (Å²) in [7, 11) is 1.88. The van der Waals surface area contributed by atoms with Gasteiger partial charge in [0.25, 0.3) is 5.56 Å². The standard InChI is InChI=1S/C8H11BrN2O/c1-5(10-2)6-3-7(9)8(12)11-4-6/h3-5,10H,1-2H3,(H,11,12). The lowest BCUT2D eigenvalue weighted by atomic mass is 10.1. The minimum Gasteiger partial charge on any atom is -0.328 e. The van der Waals surface area contributed by atoms with E-state index in [1.807, 2.05) is 20.0 Å². The van der Waals surface area contributed by atoms with Crippen LogP contribution in [0.4, 0.5) is 0 Å². The Hall–Kier alpha value is -0.610. The molecular weight excluding hydrogens is 220 g/mol. The molecule has 1 aromatic rings. The van der Waals surface area contributed by atoms with Gasteiger partial charge >= 0.3 is 0 Å². The zero-order chi connectivity index (χ0) is 9.14. The molecule has 0 fully saturated rings. The van der Waals surface area contributed by atoms with Crippen molar-refractivity contribution in [3.05, 3.63) is 32.7 Å². The summed E-state index contributed by atoms with van der Waals surface area (Å²) in [6.45, 7) is 2.03. The molecule has 1 rings (SSSR count). The fraction of sp³-hybridized carbons (Fsp3) is 0.375. The highest BCUT2D eigenvalue weighted by atomic mass is 79.9. The summed E-state index contributed by atoms with van der Waals surface area (Å²) in [5.74, 6) is 0. The number of H-pyrrole nitrogens is 1. The molecule has 66 valence electrons. The fourth-order valence-corrected chi connectivity index (χ4v) is 1.27. The van der Waals surface area contributed by atoms with E-state index in [1.165, 1.54) is 0 Å². The van der Waals surface area contributed by atoms with Crippen LogP contribution >= 0.6 is 15.9 Å². The van der Waals surface area contributed by atoms with Gasteiger partial charge in [0.2, 0.25) is 0 Å². The number of hydrogen-bond acceptors (Lipinski definition) is 2. The van der Waals surface area contributed by atoms with Crippen LogP contribution in [0.1, 0.15) is 18.5 Å². The lowest BCUT2D eigenvalue weighted by Crippen LogP contribution is -2.15. The number of halogens is 1. The summed E-state index contributed by atoms with van der Waals surface area (Å²) >= 11 is 3.17. The van der Waals surface area contributed by atoms with Crippen molar-refractivity contribution in [3.8, 4) is 0 Å². The highest BCUT2D eigenvalue weighted by Crippen LogP contribution is 2.12. The Kier molecular flexibility index (Phi) is 3.05. The van der Waals surface area contributed by atoms with Gasteiger partial charge in [-0.25, -0.2) is 0 Å². The van der Waals surface area contributed by atoms with E-state index in [2.05, 4.69) is 26.2 Å². The van der Waals surface area contributed by atoms with Crippen molar-refractivity contribution in [2.24, 2.45) is 0 Å². The Morgan fingerprint density at radius 2 is 2.33 bits per heavy atom. The maximum Gasteiger partial charge on any atom is 0.262 e. The highest BCUT2D eigenvalue weighted by Gasteiger charge is 2.03. The molecule has 0 saturated heterocycles. The molecule has 1 aromatic heterocycles. The molecule has 3 nitrogen and oxygen atoms in total. The third kappa shape index (κ3) is 1.95. The van der Waals surface area contributed by atoms with E-state index in [1.54, 1.807) is 6.20 Å². The van der Waals surface area contributed by atoms with Crippen LogP contribution in [-0.2, 0) is 0 Å². The van der Waals surface area contributed by atoms with Crippen molar-refractivity contribution in [2.75, 3.05) is 7.05 Å². The Labute approximate surface area is 79.3 Å². The van der Waals surface area contributed by atoms with Gasteiger partial charge in [0, 0.05) is 12.2 Å². The molecule has 2 N–H and O–H groups in total. The van der Waals surface area contributed by atoms with Crippen LogP contribution < -0.4 is 10.9 Å². The van der Waals surface area contributed by atoms with Crippen molar-refractivity contribution >= 4 is 15.9 Å². The average molecular weight is 231 g/mol. The van der Waals surface area contributed by atoms with Gasteiger partial charge < -0.3 is 10.3 Å². The average Bonchev–Trinajstić information content (AvgIpc) is 2.08. The summed E-state index contributed by atoms with van der Waals surface area (Å²) in [6.07, 6.45) is 1.72. The van der Waals surface area contributed by atoms with E-state index >= 15 is 0 Å². The van der Waals surface area contributed by atoms with Gasteiger partial charge in [0.1, 0.15) is 0 Å². The zero-order valence-electron chi connectivity index (χ0n) is 7.02. The van der Waals surface area contributed by atoms with Crippen molar-refractivity contribution in [1.29, 1.82) is 0 Å². The van der Waals surface area contributed by atoms with E-state index in [-0.39, 0.29) is 11.6 Å². The number of aromatic nitrogens is 1. The van der Waals surface area contributed by atoms with Crippen molar-refractivity contribution in [2.45, 2.75) is 13.0 Å². The molecule has 0 amide bonds. The number of pyridine rings is 1. The second-order valence-corrected chi connectivity index (χ2v) is 3.47. The largest absolute Gasteiger partial charge is 0.328 e. The summed E-state index contributed by atoms with van der Waals surface area (Å²) in [5, 5.41) is 3.09. The number of nitrogens with one attached hydrogen (secondary N) is 2. The van der Waals surface area contributed by atoms with Crippen LogP contribution in [0.15, 0.2) is 21.5 Å². The molecule has 0 radical (unpaired) electrons. The van der Waals surface area contributed by atoms with Crippen LogP contribution in [0.5, 0.6) is 0 Å². The van der Waals surface area contributed by atoms with Crippen LogP contribution in [0, 0.1) is 0 Å². The first kappa shape index (κ1) is 9.48. The Bertz CT molecular complexity index is 321. The summed E-state index contributed by atoms with van der Waals surface area (Å²) in [5.41, 5.74) is 0.964. The van der Waals surface area contributed by atoms with E-state index in [0.29, 0.717) is 4.47 Å². The first-order valence-corrected chi connectivity index (χ1v) is 4.50. The van der Waals surface area contributed by atoms with E-state index in [4.69, 9.17) is 0 Å². The maximum absolute atomic E-state index is 11.0. The smallest absolute Gasteiger partial charge is 0.262 e. The molecule has 1 heterocycles. The summed E-state index contributed by atoms with van der Waals surface area (Å²) in [4.78, 5) is 13.6. The number of aromatic amines is 1. The molecule has 12 heavy (non-hydrogen) atoms. The summed E-state index contributed by atoms with van der Waals surface area (Å²) in [6, 6.07) is 2.07. The van der Waals surface area contributed by atoms with Crippen molar-refractivity contribution < 1.29 is 0 Å². The molecule has 0 bridgehead atoms. The van der Waals surface area contributed by atoms with Gasteiger partial charge in [0.15, 0.2) is 0 Å². The fourth-order valence-electron chi connectivity index (χ4n) is 0.888. The first-order valence-electron chi connectivity index (χ1n) is 3.70. The van der Waals surface area contributed by atoms with Gasteiger partial charge in [0.05, 0.1) is 4.47 Å². The molecule has 0 aromatic carbocycles. The van der Waals surface area contributed by atoms with Crippen molar-refractivity contribution in [3.63, 3.8) is 0 Å². The van der Waals surface area contributed by atoms with Crippen LogP contribution in [0.3, 0.4) is 0 Å². The maximum atomic E-state index is 11.0. The topological polar surface area (TPSA) is 44.9 Å². The van der Waals surface area contributed by atoms with Crippen LogP contribution in [0.25, 0.3) is 0 Å². The van der Waals surface area contributed by atoms with Gasteiger partial charge in [-0.1, -0.05) is 0 Å². The van der Waals surface area contributed by atoms with E-state index < -0.39 is 0 Å². The lowest BCUT2D eigenvalue weighted by molar-refractivity contribution is 0.648. The number of hydrogen-bond donors (Lipinski definition) is 2. The van der Waals surface area contributed by atoms with E-state index in [0.717, 1.165) is 5.56 Å². The SMILES string of the molecule is CNC(C)c1c[nH]c(=O)c(Br)c1. The Morgan fingerprint density at radius 1 is 1.67 bits per heavy atom. The summed E-state index contributed by atoms with van der Waals surface area (Å²) < 4.78 is 0.571. The predicted octanol–water partition coefficient (Wildman–Crippen LogP) is 1.42. The molecular formula is C8H11BrN2O. The minimum absolute atomic E-state index is 0.0953. The molecule has 0 spiro atoms. The monoisotopic (exact) mass is 230 g/mol. The molecule has 0 saturated carbocycles. The minimum atomic E-state index is -0.0953. The zero-order valence-corrected chi connectivity index (χ0v) is 8.60. The molecule has 0 aliphatic carbocycles. The molecule has 0 aliphatic rings. The van der Waals surface area contributed by atoms with Gasteiger partial charge in [-0.15, -0.1) is 0 Å². The van der Waals surface area contributed by atoms with Gasteiger partial charge in [-0.05, 0) is 41.5 Å². The molecule has 0 aliphatic heterocycles. The second-order valence-electron chi connectivity index (χ2n) is 2.62.